The highest BCUT2D eigenvalue weighted by Crippen LogP contribution is 2.32. The van der Waals surface area contributed by atoms with Crippen LogP contribution in [0.25, 0.3) is 5.13 Å². The molecule has 3 amide bonds. The van der Waals surface area contributed by atoms with E-state index in [0.717, 1.165) is 17.4 Å². The second kappa shape index (κ2) is 12.2. The number of ether oxygens (including phenoxy) is 1. The van der Waals surface area contributed by atoms with Gasteiger partial charge in [-0.3, -0.25) is 14.4 Å². The summed E-state index contributed by atoms with van der Waals surface area (Å²) in [5.41, 5.74) is -0.752. The van der Waals surface area contributed by atoms with Crippen molar-refractivity contribution in [2.24, 2.45) is 0 Å². The number of rotatable bonds is 2. The van der Waals surface area contributed by atoms with Gasteiger partial charge in [0.15, 0.2) is 17.1 Å². The monoisotopic (exact) mass is 565 g/mol. The lowest BCUT2D eigenvalue weighted by molar-refractivity contribution is -0.142. The van der Waals surface area contributed by atoms with Crippen molar-refractivity contribution in [1.29, 1.82) is 0 Å². The third-order valence-electron chi connectivity index (χ3n) is 5.69. The van der Waals surface area contributed by atoms with Gasteiger partial charge in [-0.15, -0.1) is 11.3 Å². The number of hydrogen-bond acceptors (Lipinski definition) is 8. The number of carbonyl (C=O) groups is 3. The molecule has 39 heavy (non-hydrogen) atoms. The summed E-state index contributed by atoms with van der Waals surface area (Å²) in [6.07, 6.45) is -2.29. The molecule has 0 aliphatic carbocycles. The number of halogens is 3. The number of alkyl halides is 3. The smallest absolute Gasteiger partial charge is 0.433 e. The minimum atomic E-state index is -4.64. The highest BCUT2D eigenvalue weighted by Gasteiger charge is 2.36. The molecule has 3 aromatic rings. The van der Waals surface area contributed by atoms with E-state index >= 15 is 0 Å². The molecule has 11 nitrogen and oxygen atoms in total. The van der Waals surface area contributed by atoms with Crippen molar-refractivity contribution in [2.75, 3.05) is 32.8 Å². The standard InChI is InChI=1S/C24H26F3N7O4S/c1-15-13-18(24(25,26)27)34(32-15)23-31-16(14-39-23)22(37)33-10-3-6-19(35)28-9-12-38-17-5-2-7-29-20(17)21(36)30-8-4-11-33/h2,5,7,13-14H,3-4,6,8-12H2,1H3,(H,28,35)(H,30,36). The molecule has 15 heteroatoms. The van der Waals surface area contributed by atoms with Gasteiger partial charge in [-0.05, 0) is 38.0 Å². The Bertz CT molecular complexity index is 1340. The van der Waals surface area contributed by atoms with E-state index in [1.165, 1.54) is 23.4 Å². The molecular weight excluding hydrogens is 539 g/mol. The van der Waals surface area contributed by atoms with Gasteiger partial charge in [0.2, 0.25) is 11.0 Å². The molecule has 1 aliphatic heterocycles. The Kier molecular flexibility index (Phi) is 8.79. The summed E-state index contributed by atoms with van der Waals surface area (Å²) in [4.78, 5) is 47.8. The molecule has 2 N–H and O–H groups in total. The first-order valence-corrected chi connectivity index (χ1v) is 13.0. The summed E-state index contributed by atoms with van der Waals surface area (Å²) in [5, 5.41) is 10.7. The molecular formula is C24H26F3N7O4S. The van der Waals surface area contributed by atoms with Crippen molar-refractivity contribution in [3.63, 3.8) is 0 Å². The van der Waals surface area contributed by atoms with E-state index in [1.54, 1.807) is 12.1 Å². The van der Waals surface area contributed by atoms with Crippen molar-refractivity contribution in [1.82, 2.24) is 35.3 Å². The third kappa shape index (κ3) is 7.10. The zero-order valence-electron chi connectivity index (χ0n) is 21.0. The maximum absolute atomic E-state index is 13.4. The van der Waals surface area contributed by atoms with Crippen LogP contribution in [0.4, 0.5) is 13.2 Å². The molecule has 0 radical (unpaired) electrons. The predicted molar refractivity (Wildman–Crippen MR) is 134 cm³/mol. The maximum Gasteiger partial charge on any atom is 0.433 e. The number of nitrogens with one attached hydrogen (secondary N) is 2. The largest absolute Gasteiger partial charge is 0.489 e. The van der Waals surface area contributed by atoms with Crippen molar-refractivity contribution < 1.29 is 32.3 Å². The van der Waals surface area contributed by atoms with Crippen LogP contribution in [0.3, 0.4) is 0 Å². The fraction of sp³-hybridized carbons (Fsp3) is 0.417. The molecule has 0 aromatic carbocycles. The minimum Gasteiger partial charge on any atom is -0.489 e. The number of carbonyl (C=O) groups excluding carboxylic acids is 3. The van der Waals surface area contributed by atoms with Crippen molar-refractivity contribution in [3.8, 4) is 10.9 Å². The number of pyridine rings is 1. The topological polar surface area (TPSA) is 131 Å². The van der Waals surface area contributed by atoms with E-state index in [4.69, 9.17) is 4.74 Å². The average molecular weight is 566 g/mol. The first kappa shape index (κ1) is 28.0. The normalized spacial score (nSPS) is 16.2. The summed E-state index contributed by atoms with van der Waals surface area (Å²) < 4.78 is 46.6. The summed E-state index contributed by atoms with van der Waals surface area (Å²) in [6.45, 7) is 2.44. The average Bonchev–Trinajstić information content (AvgIpc) is 3.54. The van der Waals surface area contributed by atoms with Crippen LogP contribution in [-0.4, -0.2) is 75.2 Å². The van der Waals surface area contributed by atoms with Gasteiger partial charge < -0.3 is 20.3 Å². The number of hydrogen-bond donors (Lipinski definition) is 2. The number of amides is 3. The first-order chi connectivity index (χ1) is 18.6. The number of nitrogens with zero attached hydrogens (tertiary/aromatic N) is 5. The zero-order valence-corrected chi connectivity index (χ0v) is 21.8. The maximum atomic E-state index is 13.4. The number of aryl methyl sites for hydroxylation is 1. The van der Waals surface area contributed by atoms with Crippen LogP contribution in [0.15, 0.2) is 29.8 Å². The summed E-state index contributed by atoms with van der Waals surface area (Å²) in [5.74, 6) is -0.887. The Balaban J connectivity index is 1.49. The molecule has 1 aliphatic rings. The van der Waals surface area contributed by atoms with Crippen molar-refractivity contribution in [2.45, 2.75) is 32.4 Å². The van der Waals surface area contributed by atoms with E-state index in [2.05, 4.69) is 25.7 Å². The molecule has 4 heterocycles. The molecule has 0 saturated heterocycles. The molecule has 3 aromatic heterocycles. The molecule has 4 rings (SSSR count). The van der Waals surface area contributed by atoms with Crippen LogP contribution >= 0.6 is 11.3 Å². The van der Waals surface area contributed by atoms with Gasteiger partial charge in [0.1, 0.15) is 12.3 Å². The highest BCUT2D eigenvalue weighted by atomic mass is 32.1. The molecule has 0 saturated carbocycles. The minimum absolute atomic E-state index is 0.0329. The predicted octanol–water partition coefficient (Wildman–Crippen LogP) is 2.60. The Labute approximate surface area is 225 Å². The van der Waals surface area contributed by atoms with Gasteiger partial charge in [0, 0.05) is 37.6 Å². The fourth-order valence-electron chi connectivity index (χ4n) is 3.89. The zero-order chi connectivity index (χ0) is 28.0. The van der Waals surface area contributed by atoms with Crippen LogP contribution in [-0.2, 0) is 11.0 Å². The lowest BCUT2D eigenvalue weighted by Gasteiger charge is -2.22. The highest BCUT2D eigenvalue weighted by molar-refractivity contribution is 7.12. The number of fused-ring (bicyclic) bond motifs is 1. The van der Waals surface area contributed by atoms with Crippen molar-refractivity contribution in [3.05, 3.63) is 52.6 Å². The number of thiazole rings is 1. The summed E-state index contributed by atoms with van der Waals surface area (Å²) in [7, 11) is 0. The van der Waals surface area contributed by atoms with Crippen LogP contribution in [0.2, 0.25) is 0 Å². The Hall–Kier alpha value is -4.01. The van der Waals surface area contributed by atoms with E-state index in [9.17, 15) is 27.6 Å². The van der Waals surface area contributed by atoms with Crippen LogP contribution in [0.5, 0.6) is 5.75 Å². The molecule has 0 spiro atoms. The lowest BCUT2D eigenvalue weighted by Crippen LogP contribution is -2.36. The molecule has 208 valence electrons. The summed E-state index contributed by atoms with van der Waals surface area (Å²) >= 11 is 0.867. The van der Waals surface area contributed by atoms with Gasteiger partial charge in [-0.2, -0.15) is 18.3 Å². The first-order valence-electron chi connectivity index (χ1n) is 12.1. The van der Waals surface area contributed by atoms with Gasteiger partial charge in [0.25, 0.3) is 11.8 Å². The summed E-state index contributed by atoms with van der Waals surface area (Å²) in [6, 6.07) is 4.15. The lowest BCUT2D eigenvalue weighted by atomic mass is 10.2. The van der Waals surface area contributed by atoms with Gasteiger partial charge in [-0.1, -0.05) is 0 Å². The van der Waals surface area contributed by atoms with Crippen LogP contribution in [0.1, 0.15) is 51.6 Å². The Morgan fingerprint density at radius 1 is 1.15 bits per heavy atom. The molecule has 0 bridgehead atoms. The van der Waals surface area contributed by atoms with Gasteiger partial charge >= 0.3 is 6.18 Å². The van der Waals surface area contributed by atoms with E-state index in [1.807, 2.05) is 0 Å². The molecule has 0 fully saturated rings. The number of aromatic nitrogens is 4. The van der Waals surface area contributed by atoms with Crippen LogP contribution in [0, 0.1) is 6.92 Å². The molecule has 0 unspecified atom stereocenters. The third-order valence-corrected chi connectivity index (χ3v) is 6.51. The second-order valence-corrected chi connectivity index (χ2v) is 9.49. The second-order valence-electron chi connectivity index (χ2n) is 8.65. The SMILES string of the molecule is Cc1cc(C(F)(F)F)n(-c2nc(C(=O)N3CCCNC(=O)c4ncccc4OCCNC(=O)CCC3)cs2)n1. The fourth-order valence-corrected chi connectivity index (χ4v) is 4.65. The quantitative estimate of drug-likeness (QED) is 0.488. The van der Waals surface area contributed by atoms with E-state index < -0.39 is 23.7 Å². The van der Waals surface area contributed by atoms with E-state index in [-0.39, 0.29) is 73.1 Å². The Morgan fingerprint density at radius 2 is 1.95 bits per heavy atom. The van der Waals surface area contributed by atoms with Crippen molar-refractivity contribution >= 4 is 29.1 Å². The molecule has 0 atom stereocenters. The van der Waals surface area contributed by atoms with Gasteiger partial charge in [-0.25, -0.2) is 14.6 Å². The van der Waals surface area contributed by atoms with Gasteiger partial charge in [0.05, 0.1) is 12.2 Å². The van der Waals surface area contributed by atoms with E-state index in [0.29, 0.717) is 17.5 Å². The Morgan fingerprint density at radius 3 is 2.74 bits per heavy atom. The van der Waals surface area contributed by atoms with Crippen LogP contribution < -0.4 is 15.4 Å².